The van der Waals surface area contributed by atoms with Gasteiger partial charge in [-0.3, -0.25) is 4.79 Å². The Hall–Kier alpha value is -2.00. The van der Waals surface area contributed by atoms with Gasteiger partial charge < -0.3 is 5.32 Å². The maximum Gasteiger partial charge on any atom is 0.240 e. The van der Waals surface area contributed by atoms with E-state index in [-0.39, 0.29) is 17.2 Å². The molecule has 0 saturated heterocycles. The first-order valence-corrected chi connectivity index (χ1v) is 11.1. The number of anilines is 1. The van der Waals surface area contributed by atoms with Gasteiger partial charge in [0.1, 0.15) is 10.4 Å². The molecule has 3 aromatic rings. The highest BCUT2D eigenvalue weighted by atomic mass is 35.5. The van der Waals surface area contributed by atoms with Gasteiger partial charge in [-0.05, 0) is 36.6 Å². The summed E-state index contributed by atoms with van der Waals surface area (Å²) in [5.41, 5.74) is 1.43. The van der Waals surface area contributed by atoms with Gasteiger partial charge in [-0.2, -0.15) is 0 Å². The van der Waals surface area contributed by atoms with Crippen LogP contribution in [0.2, 0.25) is 5.02 Å². The van der Waals surface area contributed by atoms with Gasteiger partial charge in [0.15, 0.2) is 0 Å². The molecule has 9 heteroatoms. The van der Waals surface area contributed by atoms with Crippen LogP contribution in [-0.2, 0) is 21.2 Å². The third-order valence-electron chi connectivity index (χ3n) is 4.30. The summed E-state index contributed by atoms with van der Waals surface area (Å²) in [6, 6.07) is 10.2. The number of rotatable bonds is 5. The van der Waals surface area contributed by atoms with Crippen LogP contribution in [0.4, 0.5) is 5.69 Å². The fourth-order valence-electron chi connectivity index (χ4n) is 2.83. The Morgan fingerprint density at radius 3 is 2.70 bits per heavy atom. The van der Waals surface area contributed by atoms with E-state index in [1.165, 1.54) is 17.4 Å². The lowest BCUT2D eigenvalue weighted by Crippen LogP contribution is -2.16. The molecule has 1 amide bonds. The van der Waals surface area contributed by atoms with Crippen molar-refractivity contribution in [2.45, 2.75) is 30.1 Å². The maximum absolute atomic E-state index is 12.4. The minimum atomic E-state index is -3.97. The van der Waals surface area contributed by atoms with Crippen molar-refractivity contribution in [1.29, 1.82) is 0 Å². The van der Waals surface area contributed by atoms with Crippen LogP contribution in [0.25, 0.3) is 10.2 Å². The van der Waals surface area contributed by atoms with E-state index in [1.54, 1.807) is 30.3 Å². The zero-order valence-electron chi connectivity index (χ0n) is 14.1. The Morgan fingerprint density at radius 2 is 2.04 bits per heavy atom. The summed E-state index contributed by atoms with van der Waals surface area (Å²) in [7, 11) is -3.97. The molecule has 0 aliphatic heterocycles. The Kier molecular flexibility index (Phi) is 4.67. The first kappa shape index (κ1) is 18.4. The molecule has 6 nitrogen and oxygen atoms in total. The fourth-order valence-corrected chi connectivity index (χ4v) is 5.02. The van der Waals surface area contributed by atoms with Gasteiger partial charge in [0.05, 0.1) is 16.1 Å². The number of halogens is 1. The zero-order valence-corrected chi connectivity index (χ0v) is 16.5. The summed E-state index contributed by atoms with van der Waals surface area (Å²) in [6.45, 7) is 0. The number of carbonyl (C=O) groups excluding carboxylic acids is 1. The average molecular weight is 422 g/mol. The van der Waals surface area contributed by atoms with Crippen LogP contribution in [0.3, 0.4) is 0 Å². The average Bonchev–Trinajstić information content (AvgIpc) is 3.35. The standard InChI is InChI=1S/C18H16ClN3O3S2/c19-13-4-2-1-3-11(13)7-16(23)21-12-8-14-17(15(9-12)27(20,24)25)22-18(26-14)10-5-6-10/h1-4,8-10H,5-7H2,(H,21,23)(H2,20,24,25). The smallest absolute Gasteiger partial charge is 0.240 e. The van der Waals surface area contributed by atoms with Crippen LogP contribution in [-0.4, -0.2) is 19.3 Å². The number of hydrogen-bond acceptors (Lipinski definition) is 5. The van der Waals surface area contributed by atoms with E-state index >= 15 is 0 Å². The predicted octanol–water partition coefficient (Wildman–Crippen LogP) is 3.66. The van der Waals surface area contributed by atoms with E-state index in [9.17, 15) is 13.2 Å². The van der Waals surface area contributed by atoms with Gasteiger partial charge in [0.25, 0.3) is 0 Å². The number of amides is 1. The third-order valence-corrected chi connectivity index (χ3v) is 6.76. The minimum absolute atomic E-state index is 0.0730. The van der Waals surface area contributed by atoms with E-state index in [1.807, 2.05) is 0 Å². The molecule has 1 aliphatic carbocycles. The molecule has 1 aromatic heterocycles. The lowest BCUT2D eigenvalue weighted by Gasteiger charge is -2.08. The van der Waals surface area contributed by atoms with Crippen molar-refractivity contribution < 1.29 is 13.2 Å². The highest BCUT2D eigenvalue weighted by molar-refractivity contribution is 7.89. The maximum atomic E-state index is 12.4. The fraction of sp³-hybridized carbons (Fsp3) is 0.222. The second kappa shape index (κ2) is 6.87. The summed E-state index contributed by atoms with van der Waals surface area (Å²) in [4.78, 5) is 16.8. The number of hydrogen-bond donors (Lipinski definition) is 2. The normalized spacial score (nSPS) is 14.4. The molecule has 4 rings (SSSR count). The monoisotopic (exact) mass is 421 g/mol. The molecule has 0 unspecified atom stereocenters. The van der Waals surface area contributed by atoms with E-state index in [4.69, 9.17) is 16.7 Å². The van der Waals surface area contributed by atoms with E-state index in [0.29, 0.717) is 32.4 Å². The van der Waals surface area contributed by atoms with Crippen LogP contribution in [0, 0.1) is 0 Å². The van der Waals surface area contributed by atoms with Crippen molar-refractivity contribution in [2.24, 2.45) is 5.14 Å². The van der Waals surface area contributed by atoms with E-state index < -0.39 is 10.0 Å². The lowest BCUT2D eigenvalue weighted by atomic mass is 10.1. The third kappa shape index (κ3) is 3.98. The second-order valence-corrected chi connectivity index (χ2v) is 9.51. The van der Waals surface area contributed by atoms with Crippen LogP contribution >= 0.6 is 22.9 Å². The summed E-state index contributed by atoms with van der Waals surface area (Å²) >= 11 is 7.53. The Bertz CT molecular complexity index is 1150. The Morgan fingerprint density at radius 1 is 1.30 bits per heavy atom. The van der Waals surface area contributed by atoms with Crippen molar-refractivity contribution in [3.8, 4) is 0 Å². The summed E-state index contributed by atoms with van der Waals surface area (Å²) in [5, 5.41) is 9.53. The summed E-state index contributed by atoms with van der Waals surface area (Å²) in [6.07, 6.45) is 2.20. The van der Waals surface area contributed by atoms with Gasteiger partial charge in [-0.25, -0.2) is 18.5 Å². The molecule has 2 aromatic carbocycles. The molecule has 1 saturated carbocycles. The molecular formula is C18H16ClN3O3S2. The van der Waals surface area contributed by atoms with Crippen molar-refractivity contribution in [1.82, 2.24) is 4.98 Å². The molecule has 27 heavy (non-hydrogen) atoms. The number of thiazole rings is 1. The zero-order chi connectivity index (χ0) is 19.2. The molecule has 140 valence electrons. The number of nitrogens with one attached hydrogen (secondary N) is 1. The Balaban J connectivity index is 1.67. The molecule has 0 radical (unpaired) electrons. The number of fused-ring (bicyclic) bond motifs is 1. The van der Waals surface area contributed by atoms with Gasteiger partial charge in [0, 0.05) is 16.6 Å². The quantitative estimate of drug-likeness (QED) is 0.656. The van der Waals surface area contributed by atoms with Gasteiger partial charge in [0.2, 0.25) is 15.9 Å². The number of nitrogens with zero attached hydrogens (tertiary/aromatic N) is 1. The number of nitrogens with two attached hydrogens (primary N) is 1. The highest BCUT2D eigenvalue weighted by Crippen LogP contribution is 2.44. The molecular weight excluding hydrogens is 406 g/mol. The topological polar surface area (TPSA) is 102 Å². The SMILES string of the molecule is NS(=O)(=O)c1cc(NC(=O)Cc2ccccc2Cl)cc2sc(C3CC3)nc12. The van der Waals surface area contributed by atoms with Gasteiger partial charge in [-0.15, -0.1) is 11.3 Å². The van der Waals surface area contributed by atoms with Gasteiger partial charge in [-0.1, -0.05) is 29.8 Å². The summed E-state index contributed by atoms with van der Waals surface area (Å²) in [5.74, 6) is 0.101. The van der Waals surface area contributed by atoms with Crippen molar-refractivity contribution >= 4 is 54.8 Å². The predicted molar refractivity (Wildman–Crippen MR) is 107 cm³/mol. The minimum Gasteiger partial charge on any atom is -0.326 e. The highest BCUT2D eigenvalue weighted by Gasteiger charge is 2.28. The van der Waals surface area contributed by atoms with Crippen LogP contribution in [0.15, 0.2) is 41.3 Å². The van der Waals surface area contributed by atoms with Crippen molar-refractivity contribution in [2.75, 3.05) is 5.32 Å². The first-order valence-electron chi connectivity index (χ1n) is 8.32. The first-order chi connectivity index (χ1) is 12.8. The number of sulfonamides is 1. The number of aromatic nitrogens is 1. The number of carbonyl (C=O) groups is 1. The van der Waals surface area contributed by atoms with E-state index in [0.717, 1.165) is 17.8 Å². The van der Waals surface area contributed by atoms with E-state index in [2.05, 4.69) is 10.3 Å². The number of primary sulfonamides is 1. The van der Waals surface area contributed by atoms with Crippen LogP contribution < -0.4 is 10.5 Å². The van der Waals surface area contributed by atoms with Crippen molar-refractivity contribution in [3.05, 3.63) is 52.0 Å². The molecule has 0 spiro atoms. The second-order valence-electron chi connectivity index (χ2n) is 6.51. The van der Waals surface area contributed by atoms with Crippen LogP contribution in [0.1, 0.15) is 29.3 Å². The molecule has 1 fully saturated rings. The van der Waals surface area contributed by atoms with Crippen molar-refractivity contribution in [3.63, 3.8) is 0 Å². The lowest BCUT2D eigenvalue weighted by molar-refractivity contribution is -0.115. The number of benzene rings is 2. The van der Waals surface area contributed by atoms with Crippen LogP contribution in [0.5, 0.6) is 0 Å². The molecule has 3 N–H and O–H groups in total. The molecule has 0 bridgehead atoms. The molecule has 0 atom stereocenters. The Labute approximate surface area is 165 Å². The largest absolute Gasteiger partial charge is 0.326 e. The summed E-state index contributed by atoms with van der Waals surface area (Å²) < 4.78 is 24.7. The molecule has 1 aliphatic rings. The molecule has 1 heterocycles. The van der Waals surface area contributed by atoms with Gasteiger partial charge >= 0.3 is 0 Å².